The first-order chi connectivity index (χ1) is 27.6. The van der Waals surface area contributed by atoms with Crippen molar-refractivity contribution in [1.82, 2.24) is 29.4 Å². The third kappa shape index (κ3) is 10.2. The average Bonchev–Trinajstić information content (AvgIpc) is 3.21. The maximum Gasteiger partial charge on any atom is 0.322 e. The molecule has 0 aromatic heterocycles. The first-order valence-electron chi connectivity index (χ1n) is 19.5. The van der Waals surface area contributed by atoms with Gasteiger partial charge in [0.05, 0.1) is 26.7 Å². The minimum atomic E-state index is -0.248. The number of benzene rings is 4. The number of carbonyl (C=O) groups is 4. The zero-order chi connectivity index (χ0) is 42.4. The van der Waals surface area contributed by atoms with Crippen LogP contribution in [0.4, 0.5) is 9.59 Å². The minimum Gasteiger partial charge on any atom is -0.400 e. The van der Waals surface area contributed by atoms with E-state index in [9.17, 15) is 19.2 Å². The molecule has 4 aromatic rings. The summed E-state index contributed by atoms with van der Waals surface area (Å²) in [6.07, 6.45) is 0. The Morgan fingerprint density at radius 2 is 0.690 bits per heavy atom. The molecule has 0 radical (unpaired) electrons. The highest BCUT2D eigenvalue weighted by molar-refractivity contribution is 6.09. The van der Waals surface area contributed by atoms with E-state index in [0.717, 1.165) is 36.5 Å². The third-order valence-corrected chi connectivity index (χ3v) is 10.5. The first-order valence-corrected chi connectivity index (χ1v) is 19.5. The highest BCUT2D eigenvalue weighted by Gasteiger charge is 2.38. The molecule has 2 saturated heterocycles. The molecule has 308 valence electrons. The van der Waals surface area contributed by atoms with Gasteiger partial charge >= 0.3 is 12.1 Å². The largest absolute Gasteiger partial charge is 0.400 e. The van der Waals surface area contributed by atoms with Crippen molar-refractivity contribution in [3.8, 4) is 0 Å². The molecule has 0 atom stereocenters. The standard InChI is InChI=1S/C44H50N6O4.2CH4O/c1-43(2,3)49-27-45-23-31-17-33(21-37(19-31)39(51)35-13-9-7-10-14-35)25-47-29-50(44(4,5)6)30-48(42(47)54)26-34-18-32(24-46(28-49)41(45)53)20-38(22-34)40(52)36-15-11-8-12-16-36;2*1-2/h7-22H,23-30H2,1-6H3;2*2H,1H3. The van der Waals surface area contributed by atoms with Crippen molar-refractivity contribution in [3.05, 3.63) is 142 Å². The topological polar surface area (TPSA) is 128 Å². The van der Waals surface area contributed by atoms with Gasteiger partial charge in [0.15, 0.2) is 11.6 Å². The predicted octanol–water partition coefficient (Wildman–Crippen LogP) is 6.59. The van der Waals surface area contributed by atoms with E-state index in [4.69, 9.17) is 10.2 Å². The van der Waals surface area contributed by atoms with E-state index in [-0.39, 0.29) is 60.9 Å². The second-order valence-electron chi connectivity index (χ2n) is 16.8. The third-order valence-electron chi connectivity index (χ3n) is 10.5. The molecule has 0 spiro atoms. The van der Waals surface area contributed by atoms with Gasteiger partial charge in [-0.25, -0.2) is 9.59 Å². The van der Waals surface area contributed by atoms with Gasteiger partial charge in [0, 0.05) is 73.7 Å². The second-order valence-corrected chi connectivity index (χ2v) is 16.8. The van der Waals surface area contributed by atoms with Crippen molar-refractivity contribution in [2.75, 3.05) is 40.9 Å². The Morgan fingerprint density at radius 1 is 0.431 bits per heavy atom. The Morgan fingerprint density at radius 3 is 0.931 bits per heavy atom. The maximum absolute atomic E-state index is 14.4. The van der Waals surface area contributed by atoms with Crippen molar-refractivity contribution >= 4 is 23.6 Å². The van der Waals surface area contributed by atoms with Crippen LogP contribution in [0.2, 0.25) is 0 Å². The van der Waals surface area contributed by atoms with Crippen molar-refractivity contribution in [1.29, 1.82) is 0 Å². The maximum atomic E-state index is 14.4. The molecule has 7 rings (SSSR count). The minimum absolute atomic E-state index is 0.113. The Hall–Kier alpha value is -5.40. The molecule has 2 fully saturated rings. The van der Waals surface area contributed by atoms with Crippen molar-refractivity contribution in [2.45, 2.75) is 78.8 Å². The zero-order valence-electron chi connectivity index (χ0n) is 35.1. The van der Waals surface area contributed by atoms with Crippen LogP contribution in [0.25, 0.3) is 0 Å². The zero-order valence-corrected chi connectivity index (χ0v) is 35.1. The van der Waals surface area contributed by atoms with Gasteiger partial charge in [-0.05, 0) is 88.1 Å². The van der Waals surface area contributed by atoms with Crippen LogP contribution >= 0.6 is 0 Å². The van der Waals surface area contributed by atoms with Crippen LogP contribution in [0, 0.1) is 0 Å². The van der Waals surface area contributed by atoms with Crippen LogP contribution in [-0.4, -0.2) is 115 Å². The van der Waals surface area contributed by atoms with Gasteiger partial charge in [0.25, 0.3) is 0 Å². The van der Waals surface area contributed by atoms with Crippen molar-refractivity contribution in [3.63, 3.8) is 0 Å². The van der Waals surface area contributed by atoms with Gasteiger partial charge in [0.1, 0.15) is 0 Å². The fraction of sp³-hybridized carbons (Fsp3) is 0.391. The molecule has 12 nitrogen and oxygen atoms in total. The number of fused-ring (bicyclic) bond motifs is 8. The first kappa shape index (κ1) is 43.7. The smallest absolute Gasteiger partial charge is 0.322 e. The number of ketones is 2. The highest BCUT2D eigenvalue weighted by Crippen LogP contribution is 2.29. The molecule has 0 aliphatic carbocycles. The van der Waals surface area contributed by atoms with E-state index >= 15 is 0 Å². The molecule has 8 bridgehead atoms. The summed E-state index contributed by atoms with van der Waals surface area (Å²) < 4.78 is 0. The van der Waals surface area contributed by atoms with Gasteiger partial charge in [-0.15, -0.1) is 0 Å². The van der Waals surface area contributed by atoms with E-state index < -0.39 is 0 Å². The summed E-state index contributed by atoms with van der Waals surface area (Å²) in [4.78, 5) is 68.5. The number of aliphatic hydroxyl groups excluding tert-OH is 2. The van der Waals surface area contributed by atoms with Crippen LogP contribution in [0.1, 0.15) is 95.6 Å². The summed E-state index contributed by atoms with van der Waals surface area (Å²) in [5, 5.41) is 14.0. The summed E-state index contributed by atoms with van der Waals surface area (Å²) in [7, 11) is 2.00. The van der Waals surface area contributed by atoms with Crippen LogP contribution in [0.5, 0.6) is 0 Å². The van der Waals surface area contributed by atoms with Gasteiger partial charge in [-0.1, -0.05) is 72.8 Å². The molecule has 12 heteroatoms. The monoisotopic (exact) mass is 790 g/mol. The SMILES string of the molecule is CC(C)(C)N1CN2Cc3cc(cc(C(=O)c4ccccc4)c3)CN3CN(C(C)(C)C)CN(Cc4cc(cc(C(=O)c5ccccc5)c4)CN(C1)C2=O)C3=O.CO.CO. The lowest BCUT2D eigenvalue weighted by Crippen LogP contribution is -2.62. The molecule has 0 unspecified atom stereocenters. The average molecular weight is 791 g/mol. The van der Waals surface area contributed by atoms with Crippen molar-refractivity contribution in [2.24, 2.45) is 0 Å². The Kier molecular flexibility index (Phi) is 13.9. The summed E-state index contributed by atoms with van der Waals surface area (Å²) in [5.41, 5.74) is 4.95. The van der Waals surface area contributed by atoms with E-state index in [1.807, 2.05) is 92.4 Å². The van der Waals surface area contributed by atoms with E-state index in [2.05, 4.69) is 51.3 Å². The summed E-state index contributed by atoms with van der Waals surface area (Å²) in [5.74, 6) is -0.225. The number of hydrogen-bond donors (Lipinski definition) is 2. The summed E-state index contributed by atoms with van der Waals surface area (Å²) in [6, 6.07) is 29.7. The number of nitrogens with zero attached hydrogens (tertiary/aromatic N) is 6. The number of amides is 4. The molecule has 4 aromatic carbocycles. The number of aliphatic hydroxyl groups is 2. The molecule has 3 heterocycles. The van der Waals surface area contributed by atoms with Crippen LogP contribution < -0.4 is 0 Å². The number of carbonyl (C=O) groups excluding carboxylic acids is 4. The quantitative estimate of drug-likeness (QED) is 0.222. The fourth-order valence-electron chi connectivity index (χ4n) is 7.42. The molecule has 0 saturated carbocycles. The predicted molar refractivity (Wildman–Crippen MR) is 225 cm³/mol. The molecule has 2 N–H and O–H groups in total. The van der Waals surface area contributed by atoms with E-state index in [1.165, 1.54) is 0 Å². The molecule has 4 amide bonds. The molecule has 58 heavy (non-hydrogen) atoms. The van der Waals surface area contributed by atoms with E-state index in [0.29, 0.717) is 48.9 Å². The lowest BCUT2D eigenvalue weighted by molar-refractivity contribution is -0.0212. The van der Waals surface area contributed by atoms with Gasteiger partial charge in [-0.3, -0.25) is 19.4 Å². The lowest BCUT2D eigenvalue weighted by Gasteiger charge is -2.48. The van der Waals surface area contributed by atoms with Crippen LogP contribution in [0.15, 0.2) is 97.1 Å². The molecule has 3 aliphatic heterocycles. The van der Waals surface area contributed by atoms with Crippen LogP contribution in [0.3, 0.4) is 0 Å². The lowest BCUT2D eigenvalue weighted by atomic mass is 9.97. The number of hydrogen-bond acceptors (Lipinski definition) is 8. The van der Waals surface area contributed by atoms with Crippen molar-refractivity contribution < 1.29 is 29.4 Å². The van der Waals surface area contributed by atoms with Gasteiger partial charge in [-0.2, -0.15) is 0 Å². The van der Waals surface area contributed by atoms with E-state index in [1.54, 1.807) is 24.3 Å². The summed E-state index contributed by atoms with van der Waals surface area (Å²) >= 11 is 0. The number of rotatable bonds is 4. The number of urea groups is 2. The Bertz CT molecular complexity index is 1860. The highest BCUT2D eigenvalue weighted by atomic mass is 16.2. The fourth-order valence-corrected chi connectivity index (χ4v) is 7.42. The Labute approximate surface area is 342 Å². The molecular weight excluding hydrogens is 733 g/mol. The van der Waals surface area contributed by atoms with Gasteiger partial charge < -0.3 is 29.8 Å². The molecule has 3 aliphatic rings. The van der Waals surface area contributed by atoms with Crippen LogP contribution in [-0.2, 0) is 26.2 Å². The van der Waals surface area contributed by atoms with Gasteiger partial charge in [0.2, 0.25) is 0 Å². The molecular formula is C46H58N6O6. The second kappa shape index (κ2) is 18.5. The normalized spacial score (nSPS) is 16.5. The summed E-state index contributed by atoms with van der Waals surface area (Å²) in [6.45, 7) is 15.5. The Balaban J connectivity index is 0.00000155.